The fraction of sp³-hybridized carbons (Fsp3) is 0.0645. The molecule has 1 aliphatic carbocycles. The van der Waals surface area contributed by atoms with Crippen molar-refractivity contribution >= 4 is 48.9 Å². The molecule has 0 bridgehead atoms. The van der Waals surface area contributed by atoms with Gasteiger partial charge in [-0.2, -0.15) is 0 Å². The Morgan fingerprint density at radius 1 is 0.854 bits per heavy atom. The first-order chi connectivity index (χ1) is 19.1. The van der Waals surface area contributed by atoms with Gasteiger partial charge in [0.05, 0.1) is 32.4 Å². The maximum atomic E-state index is 14.0. The molecule has 0 amide bonds. The van der Waals surface area contributed by atoms with E-state index in [0.29, 0.717) is 37.9 Å². The van der Waals surface area contributed by atoms with Crippen molar-refractivity contribution in [2.75, 3.05) is 5.32 Å². The number of hydrogen-bond acceptors (Lipinski definition) is 8. The molecule has 41 heavy (non-hydrogen) atoms. The molecule has 2 aliphatic rings. The average molecular weight is 573 g/mol. The van der Waals surface area contributed by atoms with Crippen LogP contribution in [0.5, 0.6) is 0 Å². The summed E-state index contributed by atoms with van der Waals surface area (Å²) in [7, 11) is -4.85. The molecule has 0 spiro atoms. The zero-order valence-electron chi connectivity index (χ0n) is 22.3. The molecule has 1 heterocycles. The van der Waals surface area contributed by atoms with Gasteiger partial charge in [0.25, 0.3) is 5.56 Å². The minimum absolute atomic E-state index is 0. The third-order valence-electron chi connectivity index (χ3n) is 7.05. The van der Waals surface area contributed by atoms with E-state index in [1.807, 2.05) is 0 Å². The van der Waals surface area contributed by atoms with E-state index in [1.165, 1.54) is 12.1 Å². The van der Waals surface area contributed by atoms with Crippen molar-refractivity contribution < 1.29 is 47.6 Å². The van der Waals surface area contributed by atoms with Gasteiger partial charge < -0.3 is 15.0 Å². The fourth-order valence-electron chi connectivity index (χ4n) is 5.27. The predicted molar refractivity (Wildman–Crippen MR) is 152 cm³/mol. The largest absolute Gasteiger partial charge is 1.00 e. The minimum atomic E-state index is -4.85. The zero-order valence-corrected chi connectivity index (χ0v) is 25.2. The zero-order chi connectivity index (χ0) is 28.3. The molecule has 6 rings (SSSR count). The van der Waals surface area contributed by atoms with Crippen LogP contribution in [0.15, 0.2) is 93.3 Å². The van der Waals surface area contributed by atoms with Gasteiger partial charge in [0, 0.05) is 21.4 Å². The number of hydrogen-bond donors (Lipinski definition) is 2. The number of rotatable bonds is 4. The molecule has 198 valence electrons. The van der Waals surface area contributed by atoms with Crippen molar-refractivity contribution in [2.45, 2.75) is 18.7 Å². The Bertz CT molecular complexity index is 2350. The van der Waals surface area contributed by atoms with E-state index in [0.717, 1.165) is 0 Å². The van der Waals surface area contributed by atoms with Crippen LogP contribution < -0.4 is 51.1 Å². The second kappa shape index (κ2) is 10.5. The van der Waals surface area contributed by atoms with Crippen LogP contribution in [0, 0.1) is 24.3 Å². The van der Waals surface area contributed by atoms with Crippen molar-refractivity contribution in [3.63, 3.8) is 0 Å². The van der Waals surface area contributed by atoms with Crippen molar-refractivity contribution in [1.29, 1.82) is 0 Å². The van der Waals surface area contributed by atoms with E-state index in [9.17, 15) is 27.7 Å². The van der Waals surface area contributed by atoms with Crippen molar-refractivity contribution in [3.8, 4) is 0 Å². The predicted octanol–water partition coefficient (Wildman–Crippen LogP) is 0.973. The summed E-state index contributed by atoms with van der Waals surface area (Å²) < 4.78 is 36.2. The summed E-state index contributed by atoms with van der Waals surface area (Å²) in [6, 6.07) is 21.3. The van der Waals surface area contributed by atoms with Gasteiger partial charge in [-0.3, -0.25) is 9.59 Å². The molecule has 2 N–H and O–H groups in total. The minimum Gasteiger partial charge on any atom is -0.744 e. The smallest absolute Gasteiger partial charge is 0.744 e. The molecule has 0 aromatic heterocycles. The van der Waals surface area contributed by atoms with E-state index < -0.39 is 20.6 Å². The van der Waals surface area contributed by atoms with Gasteiger partial charge in [-0.05, 0) is 48.6 Å². The normalized spacial score (nSPS) is 12.5. The Morgan fingerprint density at radius 2 is 1.51 bits per heavy atom. The molecule has 1 aliphatic heterocycles. The first kappa shape index (κ1) is 28.7. The topological polar surface area (TPSA) is 136 Å². The molecule has 10 heteroatoms. The Morgan fingerprint density at radius 3 is 2.20 bits per heavy atom. The Kier molecular flexibility index (Phi) is 7.35. The van der Waals surface area contributed by atoms with Gasteiger partial charge in [-0.1, -0.05) is 60.7 Å². The molecule has 0 saturated heterocycles. The van der Waals surface area contributed by atoms with Crippen LogP contribution >= 0.6 is 0 Å². The number of aliphatic hydroxyl groups is 1. The molecule has 8 nitrogen and oxygen atoms in total. The summed E-state index contributed by atoms with van der Waals surface area (Å²) in [4.78, 5) is 31.3. The number of nitrogens with one attached hydrogen (secondary N) is 1. The molecule has 0 unspecified atom stereocenters. The van der Waals surface area contributed by atoms with Gasteiger partial charge in [-0.25, -0.2) is 13.4 Å². The van der Waals surface area contributed by atoms with E-state index >= 15 is 0 Å². The molecule has 4 aromatic carbocycles. The van der Waals surface area contributed by atoms with Crippen molar-refractivity contribution in [1.82, 2.24) is 4.98 Å². The van der Waals surface area contributed by atoms with Crippen molar-refractivity contribution in [3.05, 3.63) is 132 Å². The summed E-state index contributed by atoms with van der Waals surface area (Å²) in [6.07, 6.45) is 0. The first-order valence-corrected chi connectivity index (χ1v) is 13.7. The second-order valence-electron chi connectivity index (χ2n) is 9.67. The number of aromatic nitrogens is 1. The van der Waals surface area contributed by atoms with Gasteiger partial charge in [0.1, 0.15) is 15.9 Å². The van der Waals surface area contributed by atoms with E-state index in [4.69, 9.17) is 0 Å². The summed E-state index contributed by atoms with van der Waals surface area (Å²) >= 11 is 0. The molecule has 0 saturated carbocycles. The maximum absolute atomic E-state index is 14.0. The summed E-state index contributed by atoms with van der Waals surface area (Å²) in [5.41, 5.74) is 1.03. The van der Waals surface area contributed by atoms with E-state index in [1.54, 1.807) is 80.6 Å². The maximum Gasteiger partial charge on any atom is 1.00 e. The number of aliphatic hydroxyl groups excluding tert-OH is 1. The number of nitrogens with zero attached hydrogens (tertiary/aromatic N) is 1. The van der Waals surface area contributed by atoms with E-state index in [2.05, 4.69) is 10.3 Å². The van der Waals surface area contributed by atoms with Crippen LogP contribution in [0.25, 0.3) is 27.4 Å². The molecule has 0 fully saturated rings. The summed E-state index contributed by atoms with van der Waals surface area (Å²) in [5.74, 6) is -0.278. The van der Waals surface area contributed by atoms with Crippen LogP contribution in [0.3, 0.4) is 0 Å². The Balaban J connectivity index is 0.00000337. The van der Waals surface area contributed by atoms with Crippen LogP contribution in [-0.4, -0.2) is 23.1 Å². The average Bonchev–Trinajstić information content (AvgIpc) is 2.93. The summed E-state index contributed by atoms with van der Waals surface area (Å²) in [5, 5.41) is 15.9. The number of benzene rings is 4. The van der Waals surface area contributed by atoms with Crippen LogP contribution in [0.1, 0.15) is 16.7 Å². The van der Waals surface area contributed by atoms with Gasteiger partial charge in [0.15, 0.2) is 5.43 Å². The second-order valence-corrected chi connectivity index (χ2v) is 11.0. The number of anilines is 2. The summed E-state index contributed by atoms with van der Waals surface area (Å²) in [6.45, 7) is 3.38. The SMILES string of the molecule is Cc1ccc(Nc2cc(C)c3nc(=O)/c(=C(\O)c4ccccc4)c4c5ccccc5c(=O)c2c3=4)c(S(=O)(=O)[O-])c1.[Na+]. The van der Waals surface area contributed by atoms with Crippen molar-refractivity contribution in [2.24, 2.45) is 0 Å². The third-order valence-corrected chi connectivity index (χ3v) is 7.92. The van der Waals surface area contributed by atoms with Gasteiger partial charge in [0.2, 0.25) is 0 Å². The van der Waals surface area contributed by atoms with E-state index in [-0.39, 0.29) is 68.2 Å². The molecular weight excluding hydrogens is 551 g/mol. The standard InChI is InChI=1S/C31H22N2O6S.Na/c1-16-12-13-21(23(14-16)40(37,38)39)32-22-15-17(2)28-26-24(19-10-6-7-11-20(19)30(35)25(22)26)27(31(36)33-28)29(34)18-8-4-3-5-9-18;/h3-15,32,34H,1-2H3,(H,37,38,39);/q;+1/p-1/b29-27-;. The first-order valence-electron chi connectivity index (χ1n) is 12.3. The molecular formula is C31H21N2NaO6S. The fourth-order valence-corrected chi connectivity index (χ4v) is 5.99. The Hall–Kier alpha value is -3.86. The van der Waals surface area contributed by atoms with Crippen LogP contribution in [0.2, 0.25) is 0 Å². The molecule has 0 radical (unpaired) electrons. The monoisotopic (exact) mass is 572 g/mol. The number of aryl methyl sites for hydroxylation is 2. The van der Waals surface area contributed by atoms with Crippen LogP contribution in [0.4, 0.5) is 11.4 Å². The van der Waals surface area contributed by atoms with Gasteiger partial charge in [-0.15, -0.1) is 0 Å². The van der Waals surface area contributed by atoms with Gasteiger partial charge >= 0.3 is 29.6 Å². The third kappa shape index (κ3) is 4.75. The molecule has 0 atom stereocenters. The molecule has 4 aromatic rings. The number of fused-ring (bicyclic) bond motifs is 2. The van der Waals surface area contributed by atoms with Crippen LogP contribution in [-0.2, 0) is 10.1 Å². The quantitative estimate of drug-likeness (QED) is 0.236. The Labute approximate surface area is 256 Å².